The minimum absolute atomic E-state index is 0.104. The van der Waals surface area contributed by atoms with Crippen LogP contribution in [0, 0.1) is 5.92 Å². The van der Waals surface area contributed by atoms with E-state index < -0.39 is 5.97 Å². The molecule has 1 rings (SSSR count). The molecule has 0 N–H and O–H groups in total. The maximum absolute atomic E-state index is 10.5. The number of aldehydes is 1. The summed E-state index contributed by atoms with van der Waals surface area (Å²) in [6, 6.07) is 0. The summed E-state index contributed by atoms with van der Waals surface area (Å²) in [7, 11) is 0. The predicted molar refractivity (Wildman–Crippen MR) is 34.4 cm³/mol. The van der Waals surface area contributed by atoms with Gasteiger partial charge in [-0.05, 0) is 18.8 Å². The van der Waals surface area contributed by atoms with Crippen LogP contribution >= 0.6 is 0 Å². The van der Waals surface area contributed by atoms with Crippen molar-refractivity contribution in [3.05, 3.63) is 0 Å². The van der Waals surface area contributed by atoms with Crippen molar-refractivity contribution in [1.29, 1.82) is 0 Å². The second-order valence-electron chi connectivity index (χ2n) is 2.50. The number of hydrogen-bond donors (Lipinski definition) is 0. The number of ether oxygens (including phenoxy) is 1. The number of carbonyl (C=O) groups is 2. The van der Waals surface area contributed by atoms with Crippen molar-refractivity contribution in [2.45, 2.75) is 19.3 Å². The zero-order valence-corrected chi connectivity index (χ0v) is 5.71. The van der Waals surface area contributed by atoms with Gasteiger partial charge in [-0.25, -0.2) is 0 Å². The second-order valence-corrected chi connectivity index (χ2v) is 2.50. The topological polar surface area (TPSA) is 43.4 Å². The molecular formula is C7H10O3. The molecule has 0 saturated heterocycles. The van der Waals surface area contributed by atoms with Gasteiger partial charge in [-0.2, -0.15) is 0 Å². The van der Waals surface area contributed by atoms with Crippen LogP contribution in [-0.4, -0.2) is 18.9 Å². The lowest BCUT2D eigenvalue weighted by atomic mass is 10.4. The molecule has 0 aromatic rings. The smallest absolute Gasteiger partial charge is 0.313 e. The van der Waals surface area contributed by atoms with Crippen LogP contribution < -0.4 is 0 Å². The highest BCUT2D eigenvalue weighted by molar-refractivity contribution is 5.83. The quantitative estimate of drug-likeness (QED) is 0.326. The summed E-state index contributed by atoms with van der Waals surface area (Å²) in [6.45, 7) is 0.507. The van der Waals surface area contributed by atoms with E-state index in [1.54, 1.807) is 0 Å². The van der Waals surface area contributed by atoms with Gasteiger partial charge in [-0.3, -0.25) is 4.79 Å². The summed E-state index contributed by atoms with van der Waals surface area (Å²) in [5.74, 6) is 0.178. The van der Waals surface area contributed by atoms with E-state index in [1.165, 1.54) is 0 Å². The molecule has 0 radical (unpaired) electrons. The van der Waals surface area contributed by atoms with Crippen molar-refractivity contribution in [3.63, 3.8) is 0 Å². The van der Waals surface area contributed by atoms with Gasteiger partial charge in [-0.15, -0.1) is 0 Å². The third-order valence-corrected chi connectivity index (χ3v) is 1.43. The third-order valence-electron chi connectivity index (χ3n) is 1.43. The van der Waals surface area contributed by atoms with Crippen LogP contribution in [0.1, 0.15) is 19.3 Å². The number of rotatable bonds is 4. The van der Waals surface area contributed by atoms with Crippen molar-refractivity contribution >= 4 is 12.3 Å². The summed E-state index contributed by atoms with van der Waals surface area (Å²) in [4.78, 5) is 20.3. The van der Waals surface area contributed by atoms with Gasteiger partial charge in [0.25, 0.3) is 0 Å². The molecule has 0 atom stereocenters. The highest BCUT2D eigenvalue weighted by atomic mass is 16.5. The molecule has 1 saturated carbocycles. The van der Waals surface area contributed by atoms with Crippen molar-refractivity contribution in [1.82, 2.24) is 0 Å². The number of esters is 1. The molecular weight excluding hydrogens is 132 g/mol. The monoisotopic (exact) mass is 142 g/mol. The van der Waals surface area contributed by atoms with Gasteiger partial charge in [0.15, 0.2) is 0 Å². The Labute approximate surface area is 59.4 Å². The Morgan fingerprint density at radius 3 is 2.80 bits per heavy atom. The maximum atomic E-state index is 10.5. The largest absolute Gasteiger partial charge is 0.465 e. The molecule has 3 heteroatoms. The Bertz CT molecular complexity index is 138. The van der Waals surface area contributed by atoms with Crippen molar-refractivity contribution in [2.75, 3.05) is 6.61 Å². The van der Waals surface area contributed by atoms with Crippen molar-refractivity contribution in [2.24, 2.45) is 5.92 Å². The average molecular weight is 142 g/mol. The first-order chi connectivity index (χ1) is 4.83. The van der Waals surface area contributed by atoms with E-state index in [0.29, 0.717) is 18.8 Å². The van der Waals surface area contributed by atoms with Crippen LogP contribution in [0.25, 0.3) is 0 Å². The molecule has 0 amide bonds. The number of hydrogen-bond acceptors (Lipinski definition) is 3. The predicted octanol–water partition coefficient (Wildman–Crippen LogP) is 0.529. The molecule has 0 unspecified atom stereocenters. The van der Waals surface area contributed by atoms with Crippen LogP contribution in [0.4, 0.5) is 0 Å². The van der Waals surface area contributed by atoms with Gasteiger partial charge < -0.3 is 9.53 Å². The lowest BCUT2D eigenvalue weighted by molar-refractivity contribution is -0.144. The molecule has 1 aliphatic carbocycles. The van der Waals surface area contributed by atoms with Crippen LogP contribution in [0.3, 0.4) is 0 Å². The molecule has 3 nitrogen and oxygen atoms in total. The van der Waals surface area contributed by atoms with Gasteiger partial charge in [0.05, 0.1) is 6.61 Å². The SMILES string of the molecule is O=CCC(=O)OCC1CC1. The first-order valence-corrected chi connectivity index (χ1v) is 3.42. The molecule has 0 aromatic heterocycles. The Kier molecular flexibility index (Phi) is 2.42. The Morgan fingerprint density at radius 2 is 2.30 bits per heavy atom. The zero-order valence-electron chi connectivity index (χ0n) is 5.71. The molecule has 0 heterocycles. The van der Waals surface area contributed by atoms with Crippen LogP contribution in [-0.2, 0) is 14.3 Å². The van der Waals surface area contributed by atoms with E-state index in [1.807, 2.05) is 0 Å². The van der Waals surface area contributed by atoms with E-state index in [-0.39, 0.29) is 6.42 Å². The summed E-state index contributed by atoms with van der Waals surface area (Å²) >= 11 is 0. The first-order valence-electron chi connectivity index (χ1n) is 3.42. The highest BCUT2D eigenvalue weighted by Gasteiger charge is 2.22. The number of carbonyl (C=O) groups excluding carboxylic acids is 2. The maximum Gasteiger partial charge on any atom is 0.313 e. The van der Waals surface area contributed by atoms with Crippen LogP contribution in [0.5, 0.6) is 0 Å². The first kappa shape index (κ1) is 7.25. The van der Waals surface area contributed by atoms with E-state index in [2.05, 4.69) is 0 Å². The van der Waals surface area contributed by atoms with E-state index in [4.69, 9.17) is 4.74 Å². The lowest BCUT2D eigenvalue weighted by Gasteiger charge is -1.98. The van der Waals surface area contributed by atoms with Crippen LogP contribution in [0.2, 0.25) is 0 Å². The molecule has 0 bridgehead atoms. The van der Waals surface area contributed by atoms with Gasteiger partial charge >= 0.3 is 5.97 Å². The minimum Gasteiger partial charge on any atom is -0.465 e. The standard InChI is InChI=1S/C7H10O3/c8-4-3-7(9)10-5-6-1-2-6/h4,6H,1-3,5H2. The van der Waals surface area contributed by atoms with Gasteiger partial charge in [0.2, 0.25) is 0 Å². The Morgan fingerprint density at radius 1 is 1.60 bits per heavy atom. The molecule has 10 heavy (non-hydrogen) atoms. The van der Waals surface area contributed by atoms with E-state index in [0.717, 1.165) is 12.8 Å². The van der Waals surface area contributed by atoms with Gasteiger partial charge in [0, 0.05) is 0 Å². The van der Waals surface area contributed by atoms with Crippen molar-refractivity contribution in [3.8, 4) is 0 Å². The highest BCUT2D eigenvalue weighted by Crippen LogP contribution is 2.28. The van der Waals surface area contributed by atoms with E-state index >= 15 is 0 Å². The summed E-state index contributed by atoms with van der Waals surface area (Å²) in [5, 5.41) is 0. The fourth-order valence-electron chi connectivity index (χ4n) is 0.622. The fraction of sp³-hybridized carbons (Fsp3) is 0.714. The molecule has 0 aromatic carbocycles. The third kappa shape index (κ3) is 2.62. The minimum atomic E-state index is -0.401. The molecule has 0 aliphatic heterocycles. The second kappa shape index (κ2) is 3.34. The zero-order chi connectivity index (χ0) is 7.40. The van der Waals surface area contributed by atoms with Gasteiger partial charge in [0.1, 0.15) is 12.7 Å². The average Bonchev–Trinajstić information content (AvgIpc) is 2.67. The molecule has 56 valence electrons. The fourth-order valence-corrected chi connectivity index (χ4v) is 0.622. The summed E-state index contributed by atoms with van der Waals surface area (Å²) in [6.07, 6.45) is 2.78. The Balaban J connectivity index is 1.99. The molecule has 1 fully saturated rings. The molecule has 0 spiro atoms. The van der Waals surface area contributed by atoms with Crippen LogP contribution in [0.15, 0.2) is 0 Å². The molecule has 1 aliphatic rings. The normalized spacial score (nSPS) is 16.4. The van der Waals surface area contributed by atoms with Gasteiger partial charge in [-0.1, -0.05) is 0 Å². The lowest BCUT2D eigenvalue weighted by Crippen LogP contribution is -2.06. The summed E-state index contributed by atoms with van der Waals surface area (Å²) < 4.78 is 4.74. The van der Waals surface area contributed by atoms with E-state index in [9.17, 15) is 9.59 Å². The summed E-state index contributed by atoms with van der Waals surface area (Å²) in [5.41, 5.74) is 0. The van der Waals surface area contributed by atoms with Crippen molar-refractivity contribution < 1.29 is 14.3 Å². The Hall–Kier alpha value is -0.860.